The van der Waals surface area contributed by atoms with Gasteiger partial charge in [0.2, 0.25) is 0 Å². The van der Waals surface area contributed by atoms with Crippen LogP contribution in [0.15, 0.2) is 59.1 Å². The number of fused-ring (bicyclic) bond motifs is 3. The third-order valence-corrected chi connectivity index (χ3v) is 4.90. The molecule has 0 spiro atoms. The topological polar surface area (TPSA) is 41.8 Å². The minimum absolute atomic E-state index is 0.0648. The lowest BCUT2D eigenvalue weighted by Gasteiger charge is -2.32. The fraction of sp³-hybridized carbons (Fsp3) is 0.381. The van der Waals surface area contributed by atoms with Crippen LogP contribution in [0.5, 0.6) is 0 Å². The minimum atomic E-state index is 0.0648. The van der Waals surface area contributed by atoms with E-state index in [0.717, 1.165) is 22.4 Å². The molecule has 1 aromatic rings. The summed E-state index contributed by atoms with van der Waals surface area (Å²) in [6.45, 7) is 8.96. The quantitative estimate of drug-likeness (QED) is 0.665. The highest BCUT2D eigenvalue weighted by molar-refractivity contribution is 6.15. The average molecular weight is 323 g/mol. The molecular formula is C21H25NO2. The van der Waals surface area contributed by atoms with Gasteiger partial charge in [-0.25, -0.2) is 0 Å². The molecule has 2 aliphatic rings. The number of aryl methyl sites for hydroxylation is 1. The number of aliphatic imine (C=N–C) groups is 1. The molecule has 3 nitrogen and oxygen atoms in total. The highest BCUT2D eigenvalue weighted by atomic mass is 16.5. The van der Waals surface area contributed by atoms with Gasteiger partial charge in [0.25, 0.3) is 0 Å². The van der Waals surface area contributed by atoms with Gasteiger partial charge in [-0.2, -0.15) is 0 Å². The Kier molecular flexibility index (Phi) is 4.83. The van der Waals surface area contributed by atoms with E-state index in [1.165, 1.54) is 11.1 Å². The lowest BCUT2D eigenvalue weighted by molar-refractivity contribution is 0.160. The van der Waals surface area contributed by atoms with Gasteiger partial charge < -0.3 is 9.84 Å². The molecule has 3 unspecified atom stereocenters. The first-order valence-electron chi connectivity index (χ1n) is 8.41. The van der Waals surface area contributed by atoms with Crippen LogP contribution in [0.4, 0.5) is 0 Å². The molecule has 3 atom stereocenters. The van der Waals surface area contributed by atoms with Gasteiger partial charge in [0.15, 0.2) is 0 Å². The Morgan fingerprint density at radius 2 is 2.21 bits per heavy atom. The van der Waals surface area contributed by atoms with Crippen molar-refractivity contribution in [3.8, 4) is 0 Å². The van der Waals surface area contributed by atoms with Crippen LogP contribution in [0.25, 0.3) is 0 Å². The van der Waals surface area contributed by atoms with Crippen LogP contribution in [0.1, 0.15) is 29.5 Å². The van der Waals surface area contributed by atoms with E-state index < -0.39 is 0 Å². The molecule has 0 fully saturated rings. The number of ether oxygens (including phenoxy) is 1. The van der Waals surface area contributed by atoms with Gasteiger partial charge in [-0.1, -0.05) is 42.5 Å². The van der Waals surface area contributed by atoms with E-state index in [-0.39, 0.29) is 24.5 Å². The van der Waals surface area contributed by atoms with E-state index in [1.54, 1.807) is 7.11 Å². The Hall–Kier alpha value is -1.97. The van der Waals surface area contributed by atoms with Crippen molar-refractivity contribution in [2.24, 2.45) is 10.9 Å². The van der Waals surface area contributed by atoms with Crippen molar-refractivity contribution in [3.63, 3.8) is 0 Å². The summed E-state index contributed by atoms with van der Waals surface area (Å²) < 4.78 is 5.39. The molecule has 0 radical (unpaired) electrons. The van der Waals surface area contributed by atoms with Gasteiger partial charge in [0.05, 0.1) is 25.0 Å². The van der Waals surface area contributed by atoms with Crippen LogP contribution >= 0.6 is 0 Å². The molecule has 3 heteroatoms. The molecule has 0 bridgehead atoms. The van der Waals surface area contributed by atoms with Gasteiger partial charge >= 0.3 is 0 Å². The van der Waals surface area contributed by atoms with Crippen molar-refractivity contribution in [2.45, 2.75) is 25.8 Å². The summed E-state index contributed by atoms with van der Waals surface area (Å²) in [6, 6.07) is 6.56. The standard InChI is InChI=1S/C21H25NO2/c1-5-6-14(3)20-18-9-13(2)7-8-17(18)19-15(11-23)10-16(12-24-4)21(19)22-20/h5-10,16,19,21,23H,3,11-12H2,1-2,4H3/b6-5-. The zero-order chi connectivity index (χ0) is 17.3. The molecule has 1 aromatic carbocycles. The van der Waals surface area contributed by atoms with E-state index >= 15 is 0 Å². The lowest BCUT2D eigenvalue weighted by Crippen LogP contribution is -2.31. The molecule has 126 valence electrons. The Morgan fingerprint density at radius 1 is 1.42 bits per heavy atom. The average Bonchev–Trinajstić information content (AvgIpc) is 2.92. The Labute approximate surface area is 144 Å². The second kappa shape index (κ2) is 6.88. The maximum Gasteiger partial charge on any atom is 0.0720 e. The van der Waals surface area contributed by atoms with Gasteiger partial charge in [-0.3, -0.25) is 4.99 Å². The fourth-order valence-corrected chi connectivity index (χ4v) is 3.89. The van der Waals surface area contributed by atoms with Crippen LogP contribution in [-0.2, 0) is 4.74 Å². The summed E-state index contributed by atoms with van der Waals surface area (Å²) in [5.74, 6) is 0.318. The number of rotatable bonds is 5. The highest BCUT2D eigenvalue weighted by Gasteiger charge is 2.42. The van der Waals surface area contributed by atoms with Crippen LogP contribution in [0, 0.1) is 12.8 Å². The third kappa shape index (κ3) is 2.79. The second-order valence-electron chi connectivity index (χ2n) is 6.58. The lowest BCUT2D eigenvalue weighted by atomic mass is 9.79. The highest BCUT2D eigenvalue weighted by Crippen LogP contribution is 2.45. The molecule has 0 saturated carbocycles. The zero-order valence-corrected chi connectivity index (χ0v) is 14.6. The number of benzene rings is 1. The fourth-order valence-electron chi connectivity index (χ4n) is 3.89. The molecule has 1 aliphatic carbocycles. The summed E-state index contributed by atoms with van der Waals surface area (Å²) in [6.07, 6.45) is 6.14. The molecule has 0 saturated heterocycles. The van der Waals surface area contributed by atoms with Crippen molar-refractivity contribution < 1.29 is 9.84 Å². The van der Waals surface area contributed by atoms with Crippen LogP contribution in [-0.4, -0.2) is 37.2 Å². The predicted octanol–water partition coefficient (Wildman–Crippen LogP) is 3.58. The molecular weight excluding hydrogens is 298 g/mol. The number of aliphatic hydroxyl groups excluding tert-OH is 1. The molecule has 3 rings (SSSR count). The largest absolute Gasteiger partial charge is 0.392 e. The number of allylic oxidation sites excluding steroid dienone is 3. The molecule has 0 aromatic heterocycles. The maximum absolute atomic E-state index is 9.84. The Morgan fingerprint density at radius 3 is 2.88 bits per heavy atom. The van der Waals surface area contributed by atoms with Crippen molar-refractivity contribution in [3.05, 3.63) is 70.8 Å². The third-order valence-electron chi connectivity index (χ3n) is 4.90. The molecule has 24 heavy (non-hydrogen) atoms. The van der Waals surface area contributed by atoms with E-state index in [9.17, 15) is 5.11 Å². The number of methoxy groups -OCH3 is 1. The first kappa shape index (κ1) is 16.9. The smallest absolute Gasteiger partial charge is 0.0720 e. The molecule has 1 aliphatic heterocycles. The first-order chi connectivity index (χ1) is 11.6. The second-order valence-corrected chi connectivity index (χ2v) is 6.58. The van der Waals surface area contributed by atoms with Crippen molar-refractivity contribution in [1.82, 2.24) is 0 Å². The van der Waals surface area contributed by atoms with E-state index in [4.69, 9.17) is 9.73 Å². The van der Waals surface area contributed by atoms with Crippen LogP contribution in [0.2, 0.25) is 0 Å². The molecule has 1 N–H and O–H groups in total. The summed E-state index contributed by atoms with van der Waals surface area (Å²) in [5.41, 5.74) is 6.51. The van der Waals surface area contributed by atoms with Gasteiger partial charge in [0, 0.05) is 24.5 Å². The first-order valence-corrected chi connectivity index (χ1v) is 8.41. The van der Waals surface area contributed by atoms with Gasteiger partial charge in [0.1, 0.15) is 0 Å². The number of hydrogen-bond acceptors (Lipinski definition) is 3. The van der Waals surface area contributed by atoms with Gasteiger partial charge in [-0.05, 0) is 36.6 Å². The SMILES string of the molecule is C=C(/C=C\C)C1=NC2C(COC)C=C(CO)C2c2ccc(C)cc21. The van der Waals surface area contributed by atoms with E-state index in [0.29, 0.717) is 6.61 Å². The van der Waals surface area contributed by atoms with E-state index in [2.05, 4.69) is 37.8 Å². The van der Waals surface area contributed by atoms with Crippen LogP contribution in [0.3, 0.4) is 0 Å². The summed E-state index contributed by atoms with van der Waals surface area (Å²) >= 11 is 0. The van der Waals surface area contributed by atoms with Crippen LogP contribution < -0.4 is 0 Å². The Bertz CT molecular complexity index is 742. The Balaban J connectivity index is 2.15. The summed E-state index contributed by atoms with van der Waals surface area (Å²) in [4.78, 5) is 5.07. The summed E-state index contributed by atoms with van der Waals surface area (Å²) in [7, 11) is 1.71. The predicted molar refractivity (Wildman–Crippen MR) is 98.7 cm³/mol. The number of aliphatic hydroxyl groups is 1. The zero-order valence-electron chi connectivity index (χ0n) is 14.6. The van der Waals surface area contributed by atoms with E-state index in [1.807, 2.05) is 19.1 Å². The maximum atomic E-state index is 9.84. The number of nitrogens with zero attached hydrogens (tertiary/aromatic N) is 1. The van der Waals surface area contributed by atoms with Gasteiger partial charge in [-0.15, -0.1) is 0 Å². The van der Waals surface area contributed by atoms with Crippen molar-refractivity contribution >= 4 is 5.71 Å². The normalized spacial score (nSPS) is 25.2. The molecule has 1 heterocycles. The summed E-state index contributed by atoms with van der Waals surface area (Å²) in [5, 5.41) is 9.84. The number of hydrogen-bond donors (Lipinski definition) is 1. The molecule has 0 amide bonds. The van der Waals surface area contributed by atoms with Crippen molar-refractivity contribution in [2.75, 3.05) is 20.3 Å². The minimum Gasteiger partial charge on any atom is -0.392 e. The van der Waals surface area contributed by atoms with Crippen molar-refractivity contribution in [1.29, 1.82) is 0 Å². The monoisotopic (exact) mass is 323 g/mol.